The molecule has 0 radical (unpaired) electrons. The van der Waals surface area contributed by atoms with Crippen LogP contribution in [-0.4, -0.2) is 0 Å². The third kappa shape index (κ3) is 9.37. The van der Waals surface area contributed by atoms with Crippen molar-refractivity contribution in [2.45, 2.75) is 229 Å². The van der Waals surface area contributed by atoms with Gasteiger partial charge in [0.2, 0.25) is 0 Å². The predicted octanol–water partition coefficient (Wildman–Crippen LogP) is 14.2. The van der Waals surface area contributed by atoms with E-state index >= 15 is 0 Å². The second-order valence-electron chi connectivity index (χ2n) is 23.3. The Morgan fingerprint density at radius 1 is 0.298 bits per heavy atom. The van der Waals surface area contributed by atoms with Crippen molar-refractivity contribution in [1.82, 2.24) is 0 Å². The van der Waals surface area contributed by atoms with E-state index in [1.54, 1.807) is 38.9 Å². The molecule has 0 N–H and O–H groups in total. The molecular weight excluding hydrogens is 565 g/mol. The Morgan fingerprint density at radius 3 is 0.787 bits per heavy atom. The highest BCUT2D eigenvalue weighted by Crippen LogP contribution is 2.52. The quantitative estimate of drug-likeness (QED) is 0.311. The first-order valence-electron chi connectivity index (χ1n) is 18.9. The van der Waals surface area contributed by atoms with E-state index in [1.165, 1.54) is 16.7 Å². The molecule has 0 unspecified atom stereocenters. The molecule has 0 aliphatic heterocycles. The summed E-state index contributed by atoms with van der Waals surface area (Å²) < 4.78 is 0. The van der Waals surface area contributed by atoms with Crippen LogP contribution in [0.15, 0.2) is 12.1 Å². The van der Waals surface area contributed by atoms with E-state index in [2.05, 4.69) is 178 Å². The average molecular weight is 645 g/mol. The van der Waals surface area contributed by atoms with Gasteiger partial charge in [-0.2, -0.15) is 0 Å². The van der Waals surface area contributed by atoms with Gasteiger partial charge in [0, 0.05) is 0 Å². The molecule has 2 aromatic carbocycles. The monoisotopic (exact) mass is 645 g/mol. The van der Waals surface area contributed by atoms with Crippen LogP contribution >= 0.6 is 0 Å². The second-order valence-corrected chi connectivity index (χ2v) is 23.3. The van der Waals surface area contributed by atoms with Gasteiger partial charge in [-0.15, -0.1) is 0 Å². The van der Waals surface area contributed by atoms with Gasteiger partial charge in [0.1, 0.15) is 0 Å². The van der Waals surface area contributed by atoms with E-state index in [1.807, 2.05) is 0 Å². The Morgan fingerprint density at radius 2 is 0.553 bits per heavy atom. The molecule has 0 nitrogen and oxygen atoms in total. The van der Waals surface area contributed by atoms with Crippen molar-refractivity contribution in [3.05, 3.63) is 67.8 Å². The van der Waals surface area contributed by atoms with Crippen molar-refractivity contribution in [2.24, 2.45) is 0 Å². The molecule has 0 saturated heterocycles. The summed E-state index contributed by atoms with van der Waals surface area (Å²) in [5.41, 5.74) is 16.2. The number of hydrogen-bond acceptors (Lipinski definition) is 0. The molecule has 0 heteroatoms. The Hall–Kier alpha value is -1.56. The van der Waals surface area contributed by atoms with Gasteiger partial charge in [-0.3, -0.25) is 0 Å². The lowest BCUT2D eigenvalue weighted by atomic mass is 9.58. The zero-order chi connectivity index (χ0) is 37.3. The molecule has 0 atom stereocenters. The maximum absolute atomic E-state index is 2.58. The van der Waals surface area contributed by atoms with Crippen LogP contribution in [-0.2, 0) is 56.2 Å². The zero-order valence-corrected chi connectivity index (χ0v) is 36.3. The van der Waals surface area contributed by atoms with Crippen LogP contribution in [0.5, 0.6) is 0 Å². The number of aryl methyl sites for hydroxylation is 1. The summed E-state index contributed by atoms with van der Waals surface area (Å²) in [6.45, 7) is 58.5. The van der Waals surface area contributed by atoms with E-state index in [4.69, 9.17) is 0 Å². The maximum atomic E-state index is 2.58. The van der Waals surface area contributed by atoms with Gasteiger partial charge in [-0.25, -0.2) is 0 Å². The molecule has 0 aliphatic carbocycles. The standard InChI is InChI=1S/C47H80/c1-40(2,3)32-28-30(29-33(41(4,5)6)36(32)44(13,14)15)26-25-27-31-34(42(7,8)9)37(45(16,17)18)39(47(22,23)24)38(46(19,20)21)35(31)43(10,11)12/h28-29H,25-27H2,1-24H3. The smallest absolute Gasteiger partial charge is 0.0126 e. The molecule has 2 rings (SSSR count). The summed E-state index contributed by atoms with van der Waals surface area (Å²) in [6, 6.07) is 5.16. The van der Waals surface area contributed by atoms with E-state index in [9.17, 15) is 0 Å². The summed E-state index contributed by atoms with van der Waals surface area (Å²) in [5.74, 6) is 0. The largest absolute Gasteiger partial charge is 0.0561 e. The summed E-state index contributed by atoms with van der Waals surface area (Å²) in [6.07, 6.45) is 3.35. The summed E-state index contributed by atoms with van der Waals surface area (Å²) in [4.78, 5) is 0. The fourth-order valence-corrected chi connectivity index (χ4v) is 8.26. The molecule has 2 aromatic rings. The molecular formula is C47H80. The second kappa shape index (κ2) is 12.6. The fourth-order valence-electron chi connectivity index (χ4n) is 8.26. The first-order chi connectivity index (χ1) is 20.4. The minimum Gasteiger partial charge on any atom is -0.0561 e. The van der Waals surface area contributed by atoms with Crippen molar-refractivity contribution < 1.29 is 0 Å². The minimum absolute atomic E-state index is 0.0293. The summed E-state index contributed by atoms with van der Waals surface area (Å²) >= 11 is 0. The Balaban J connectivity index is 3.06. The van der Waals surface area contributed by atoms with Crippen LogP contribution in [0.3, 0.4) is 0 Å². The van der Waals surface area contributed by atoms with Crippen molar-refractivity contribution in [2.75, 3.05) is 0 Å². The normalized spacial score (nSPS) is 14.6. The van der Waals surface area contributed by atoms with Crippen molar-refractivity contribution in [3.63, 3.8) is 0 Å². The van der Waals surface area contributed by atoms with Crippen LogP contribution in [0.2, 0.25) is 0 Å². The molecule has 0 aliphatic rings. The number of rotatable bonds is 4. The van der Waals surface area contributed by atoms with Crippen molar-refractivity contribution in [3.8, 4) is 0 Å². The SMILES string of the molecule is CC(C)(C)c1cc(CCCc2c(C(C)(C)C)c(C(C)(C)C)c(C(C)(C)C)c(C(C)(C)C)c2C(C)(C)C)cc(C(C)(C)C)c1C(C)(C)C. The Labute approximate surface area is 295 Å². The first-order valence-corrected chi connectivity index (χ1v) is 18.9. The Kier molecular flexibility index (Phi) is 11.2. The van der Waals surface area contributed by atoms with Crippen LogP contribution < -0.4 is 0 Å². The summed E-state index contributed by atoms with van der Waals surface area (Å²) in [7, 11) is 0. The van der Waals surface area contributed by atoms with Gasteiger partial charge < -0.3 is 0 Å². The molecule has 0 spiro atoms. The van der Waals surface area contributed by atoms with E-state index in [0.29, 0.717) is 0 Å². The number of benzene rings is 2. The van der Waals surface area contributed by atoms with Gasteiger partial charge in [0.15, 0.2) is 0 Å². The fraction of sp³-hybridized carbons (Fsp3) is 0.745. The molecule has 0 amide bonds. The van der Waals surface area contributed by atoms with E-state index in [0.717, 1.165) is 19.3 Å². The van der Waals surface area contributed by atoms with Crippen molar-refractivity contribution in [1.29, 1.82) is 0 Å². The molecule has 0 heterocycles. The first kappa shape index (κ1) is 41.6. The highest BCUT2D eigenvalue weighted by molar-refractivity contribution is 5.62. The van der Waals surface area contributed by atoms with Gasteiger partial charge >= 0.3 is 0 Å². The average Bonchev–Trinajstić information content (AvgIpc) is 2.77. The third-order valence-electron chi connectivity index (χ3n) is 9.81. The maximum Gasteiger partial charge on any atom is -0.0126 e. The topological polar surface area (TPSA) is 0 Å². The lowest BCUT2D eigenvalue weighted by molar-refractivity contribution is 0.453. The third-order valence-corrected chi connectivity index (χ3v) is 9.81. The highest BCUT2D eigenvalue weighted by atomic mass is 14.5. The molecule has 0 bridgehead atoms. The number of hydrogen-bond donors (Lipinski definition) is 0. The predicted molar refractivity (Wildman–Crippen MR) is 215 cm³/mol. The minimum atomic E-state index is 0.0293. The van der Waals surface area contributed by atoms with E-state index in [-0.39, 0.29) is 43.3 Å². The lowest BCUT2D eigenvalue weighted by Gasteiger charge is -2.46. The molecule has 268 valence electrons. The van der Waals surface area contributed by atoms with Crippen LogP contribution in [0.25, 0.3) is 0 Å². The van der Waals surface area contributed by atoms with Crippen LogP contribution in [0.4, 0.5) is 0 Å². The van der Waals surface area contributed by atoms with Crippen LogP contribution in [0, 0.1) is 0 Å². The van der Waals surface area contributed by atoms with Gasteiger partial charge in [-0.1, -0.05) is 178 Å². The lowest BCUT2D eigenvalue weighted by Crippen LogP contribution is -2.37. The van der Waals surface area contributed by atoms with Gasteiger partial charge in [0.05, 0.1) is 0 Å². The molecule has 0 fully saturated rings. The van der Waals surface area contributed by atoms with Crippen molar-refractivity contribution >= 4 is 0 Å². The molecule has 47 heavy (non-hydrogen) atoms. The van der Waals surface area contributed by atoms with Gasteiger partial charge in [0.25, 0.3) is 0 Å². The van der Waals surface area contributed by atoms with Crippen LogP contribution in [0.1, 0.15) is 228 Å². The Bertz CT molecular complexity index is 1330. The van der Waals surface area contributed by atoms with E-state index < -0.39 is 0 Å². The zero-order valence-electron chi connectivity index (χ0n) is 36.3. The molecule has 0 aromatic heterocycles. The highest BCUT2D eigenvalue weighted by Gasteiger charge is 2.42. The summed E-state index contributed by atoms with van der Waals surface area (Å²) in [5, 5.41) is 0. The van der Waals surface area contributed by atoms with Gasteiger partial charge in [-0.05, 0) is 118 Å². The molecule has 0 saturated carbocycles.